The predicted octanol–water partition coefficient (Wildman–Crippen LogP) is -1.70. The van der Waals surface area contributed by atoms with Gasteiger partial charge in [0.2, 0.25) is 0 Å². The van der Waals surface area contributed by atoms with E-state index in [1.165, 1.54) is 0 Å². The summed E-state index contributed by atoms with van der Waals surface area (Å²) in [4.78, 5) is 19.7. The number of carboxylic acids is 2. The molecule has 0 bridgehead atoms. The van der Waals surface area contributed by atoms with Crippen molar-refractivity contribution < 1.29 is 19.8 Å². The maximum absolute atomic E-state index is 9.97. The number of carboxylic acid groups (broad SMARTS) is 2. The summed E-state index contributed by atoms with van der Waals surface area (Å²) in [6.07, 6.45) is -0.398. The van der Waals surface area contributed by atoms with Crippen molar-refractivity contribution in [3.8, 4) is 0 Å². The van der Waals surface area contributed by atoms with Crippen molar-refractivity contribution in [1.29, 1.82) is 0 Å². The van der Waals surface area contributed by atoms with Gasteiger partial charge in [-0.1, -0.05) is 0 Å². The van der Waals surface area contributed by atoms with Crippen LogP contribution in [0.25, 0.3) is 0 Å². The molecule has 6 heteroatoms. The van der Waals surface area contributed by atoms with Gasteiger partial charge in [0.05, 0.1) is 0 Å². The molecule has 6 nitrogen and oxygen atoms in total. The average Bonchev–Trinajstić information content (AvgIpc) is 1.82. The topological polar surface area (TPSA) is 140 Å². The van der Waals surface area contributed by atoms with Crippen LogP contribution in [0.4, 0.5) is 0 Å². The Morgan fingerprint density at radius 1 is 1.55 bits per heavy atom. The van der Waals surface area contributed by atoms with Gasteiger partial charge in [-0.05, 0) is 12.8 Å². The number of quaternary nitrogens is 1. The minimum Gasteiger partial charge on any atom is -0.550 e. The number of rotatable bonds is 4. The first kappa shape index (κ1) is 12.5. The largest absolute Gasteiger partial charge is 0.550 e. The zero-order valence-electron chi connectivity index (χ0n) is 6.24. The van der Waals surface area contributed by atoms with Crippen LogP contribution >= 0.6 is 0 Å². The van der Waals surface area contributed by atoms with Crippen LogP contribution in [0.1, 0.15) is 12.8 Å². The minimum atomic E-state index is -1.28. The maximum atomic E-state index is 9.97. The SMILES string of the molecule is NC(CCC(=O)[O-])C(=O)O.[NH4+]. The molecule has 0 heterocycles. The van der Waals surface area contributed by atoms with E-state index in [1.807, 2.05) is 0 Å². The summed E-state index contributed by atoms with van der Waals surface area (Å²) >= 11 is 0. The highest BCUT2D eigenvalue weighted by molar-refractivity contribution is 5.74. The van der Waals surface area contributed by atoms with E-state index in [-0.39, 0.29) is 19.0 Å². The molecule has 0 saturated carbocycles. The normalized spacial score (nSPS) is 11.4. The monoisotopic (exact) mass is 164 g/mol. The van der Waals surface area contributed by atoms with Crippen molar-refractivity contribution in [2.24, 2.45) is 5.73 Å². The standard InChI is InChI=1S/C5H9NO4.H3N/c6-3(5(9)10)1-2-4(7)8;/h3H,1-2,6H2,(H,7,8)(H,9,10);1H3. The third-order valence-electron chi connectivity index (χ3n) is 0.977. The quantitative estimate of drug-likeness (QED) is 0.454. The van der Waals surface area contributed by atoms with Crippen LogP contribution in [0.5, 0.6) is 0 Å². The van der Waals surface area contributed by atoms with E-state index in [4.69, 9.17) is 10.8 Å². The van der Waals surface area contributed by atoms with Crippen LogP contribution in [-0.4, -0.2) is 23.1 Å². The summed E-state index contributed by atoms with van der Waals surface area (Å²) in [6.45, 7) is 0. The lowest BCUT2D eigenvalue weighted by molar-refractivity contribution is -0.305. The van der Waals surface area contributed by atoms with Gasteiger partial charge in [0, 0.05) is 5.97 Å². The molecule has 0 aliphatic carbocycles. The summed E-state index contributed by atoms with van der Waals surface area (Å²) in [5, 5.41) is 17.9. The van der Waals surface area contributed by atoms with Gasteiger partial charge in [0.15, 0.2) is 0 Å². The van der Waals surface area contributed by atoms with E-state index in [9.17, 15) is 14.7 Å². The van der Waals surface area contributed by atoms with E-state index >= 15 is 0 Å². The van der Waals surface area contributed by atoms with E-state index in [0.29, 0.717) is 0 Å². The summed E-state index contributed by atoms with van der Waals surface area (Å²) in [7, 11) is 0. The van der Waals surface area contributed by atoms with Crippen LogP contribution in [0.2, 0.25) is 0 Å². The molecule has 0 aromatic carbocycles. The van der Waals surface area contributed by atoms with Gasteiger partial charge in [0.25, 0.3) is 0 Å². The molecule has 0 aliphatic heterocycles. The Hall–Kier alpha value is -1.14. The van der Waals surface area contributed by atoms with E-state index in [0.717, 1.165) is 0 Å². The molecule has 7 N–H and O–H groups in total. The lowest BCUT2D eigenvalue weighted by Gasteiger charge is -2.05. The van der Waals surface area contributed by atoms with Crippen molar-refractivity contribution in [3.63, 3.8) is 0 Å². The molecular formula is C5H12N2O4. The molecule has 0 aromatic heterocycles. The Morgan fingerprint density at radius 3 is 2.27 bits per heavy atom. The number of carbonyl (C=O) groups excluding carboxylic acids is 1. The predicted molar refractivity (Wildman–Crippen MR) is 35.8 cm³/mol. The first-order chi connectivity index (χ1) is 4.54. The van der Waals surface area contributed by atoms with Crippen LogP contribution < -0.4 is 17.0 Å². The fraction of sp³-hybridized carbons (Fsp3) is 0.600. The fourth-order valence-corrected chi connectivity index (χ4v) is 0.397. The van der Waals surface area contributed by atoms with Crippen molar-refractivity contribution >= 4 is 11.9 Å². The minimum absolute atomic E-state index is 0. The molecule has 11 heavy (non-hydrogen) atoms. The molecule has 0 radical (unpaired) electrons. The van der Waals surface area contributed by atoms with Crippen LogP contribution in [0.3, 0.4) is 0 Å². The Bertz CT molecular complexity index is 147. The molecule has 0 rings (SSSR count). The Balaban J connectivity index is 0. The lowest BCUT2D eigenvalue weighted by atomic mass is 10.2. The molecule has 1 atom stereocenters. The first-order valence-corrected chi connectivity index (χ1v) is 2.72. The number of nitrogens with two attached hydrogens (primary N) is 1. The molecule has 0 saturated heterocycles. The van der Waals surface area contributed by atoms with Gasteiger partial charge >= 0.3 is 5.97 Å². The molecule has 0 aliphatic rings. The van der Waals surface area contributed by atoms with E-state index in [2.05, 4.69) is 0 Å². The highest BCUT2D eigenvalue weighted by Crippen LogP contribution is 1.92. The third kappa shape index (κ3) is 6.75. The zero-order valence-corrected chi connectivity index (χ0v) is 6.24. The Labute approximate surface area is 63.6 Å². The smallest absolute Gasteiger partial charge is 0.320 e. The van der Waals surface area contributed by atoms with Crippen molar-refractivity contribution in [1.82, 2.24) is 6.15 Å². The molecule has 1 unspecified atom stereocenters. The number of carbonyl (C=O) groups is 2. The molecule has 66 valence electrons. The summed E-state index contributed by atoms with van der Waals surface area (Å²) in [5.74, 6) is -2.47. The van der Waals surface area contributed by atoms with Gasteiger partial charge in [-0.2, -0.15) is 0 Å². The first-order valence-electron chi connectivity index (χ1n) is 2.72. The second-order valence-electron chi connectivity index (χ2n) is 1.86. The van der Waals surface area contributed by atoms with E-state index < -0.39 is 18.0 Å². The second-order valence-corrected chi connectivity index (χ2v) is 1.86. The summed E-state index contributed by atoms with van der Waals surface area (Å²) in [5.41, 5.74) is 4.97. The summed E-state index contributed by atoms with van der Waals surface area (Å²) in [6, 6.07) is -1.10. The van der Waals surface area contributed by atoms with Gasteiger partial charge in [-0.3, -0.25) is 4.79 Å². The number of aliphatic carboxylic acids is 2. The number of hydrogen-bond donors (Lipinski definition) is 3. The molecular weight excluding hydrogens is 152 g/mol. The molecule has 0 amide bonds. The summed E-state index contributed by atoms with van der Waals surface area (Å²) < 4.78 is 0. The highest BCUT2D eigenvalue weighted by atomic mass is 16.4. The van der Waals surface area contributed by atoms with Gasteiger partial charge in [-0.15, -0.1) is 0 Å². The molecule has 0 spiro atoms. The van der Waals surface area contributed by atoms with Gasteiger partial charge < -0.3 is 26.9 Å². The zero-order chi connectivity index (χ0) is 8.15. The van der Waals surface area contributed by atoms with Crippen LogP contribution in [-0.2, 0) is 9.59 Å². The Morgan fingerprint density at radius 2 is 2.00 bits per heavy atom. The van der Waals surface area contributed by atoms with Crippen molar-refractivity contribution in [2.45, 2.75) is 18.9 Å². The van der Waals surface area contributed by atoms with Crippen molar-refractivity contribution in [2.75, 3.05) is 0 Å². The highest BCUT2D eigenvalue weighted by Gasteiger charge is 2.09. The van der Waals surface area contributed by atoms with Gasteiger partial charge in [0.1, 0.15) is 6.04 Å². The van der Waals surface area contributed by atoms with Gasteiger partial charge in [-0.25, -0.2) is 0 Å². The molecule has 0 fully saturated rings. The maximum Gasteiger partial charge on any atom is 0.320 e. The Kier molecular flexibility index (Phi) is 6.41. The average molecular weight is 164 g/mol. The van der Waals surface area contributed by atoms with Crippen molar-refractivity contribution in [3.05, 3.63) is 0 Å². The fourth-order valence-electron chi connectivity index (χ4n) is 0.397. The number of hydrogen-bond acceptors (Lipinski definition) is 4. The van der Waals surface area contributed by atoms with Crippen LogP contribution in [0.15, 0.2) is 0 Å². The molecule has 0 aromatic rings. The second kappa shape index (κ2) is 5.63. The third-order valence-corrected chi connectivity index (χ3v) is 0.977. The van der Waals surface area contributed by atoms with E-state index in [1.54, 1.807) is 0 Å². The lowest BCUT2D eigenvalue weighted by Crippen LogP contribution is -2.32. The van der Waals surface area contributed by atoms with Crippen LogP contribution in [0, 0.1) is 0 Å².